The summed E-state index contributed by atoms with van der Waals surface area (Å²) in [5, 5.41) is -0.905. The summed E-state index contributed by atoms with van der Waals surface area (Å²) in [5.41, 5.74) is 0. The maximum Gasteiger partial charge on any atom is 0.331 e. The van der Waals surface area contributed by atoms with Crippen LogP contribution in [0.5, 0.6) is 0 Å². The molecule has 0 saturated heterocycles. The highest BCUT2D eigenvalue weighted by Crippen LogP contribution is 2.21. The second-order valence-electron chi connectivity index (χ2n) is 3.30. The van der Waals surface area contributed by atoms with Crippen LogP contribution in [0.2, 0.25) is 0 Å². The lowest BCUT2D eigenvalue weighted by molar-refractivity contribution is -0.110. The van der Waals surface area contributed by atoms with Crippen LogP contribution in [0.15, 0.2) is 0 Å². The maximum atomic E-state index is 11.0. The van der Waals surface area contributed by atoms with E-state index in [9.17, 15) is 13.2 Å². The van der Waals surface area contributed by atoms with E-state index in [4.69, 9.17) is 4.18 Å². The van der Waals surface area contributed by atoms with Gasteiger partial charge in [0, 0.05) is 6.92 Å². The van der Waals surface area contributed by atoms with Gasteiger partial charge in [0.2, 0.25) is 0 Å². The summed E-state index contributed by atoms with van der Waals surface area (Å²) in [5.74, 6) is 0. The number of hydrogen-bond acceptors (Lipinski definition) is 4. The third kappa shape index (κ3) is 3.08. The molecule has 1 saturated carbocycles. The fourth-order valence-corrected chi connectivity index (χ4v) is 2.09. The molecule has 0 amide bonds. The van der Waals surface area contributed by atoms with Crippen molar-refractivity contribution in [3.8, 4) is 0 Å². The van der Waals surface area contributed by atoms with Crippen LogP contribution in [-0.4, -0.2) is 19.6 Å². The first-order chi connectivity index (χ1) is 6.02. The van der Waals surface area contributed by atoms with Gasteiger partial charge >= 0.3 is 10.1 Å². The first-order valence-corrected chi connectivity index (χ1v) is 5.87. The highest BCUT2D eigenvalue weighted by molar-refractivity contribution is 8.01. The summed E-state index contributed by atoms with van der Waals surface area (Å²) in [7, 11) is -3.94. The Morgan fingerprint density at radius 2 is 1.77 bits per heavy atom. The topological polar surface area (TPSA) is 60.4 Å². The zero-order valence-electron chi connectivity index (χ0n) is 7.65. The molecule has 1 rings (SSSR count). The largest absolute Gasteiger partial charge is 0.331 e. The molecule has 0 spiro atoms. The van der Waals surface area contributed by atoms with E-state index < -0.39 is 15.2 Å². The van der Waals surface area contributed by atoms with Crippen LogP contribution in [0.4, 0.5) is 0 Å². The van der Waals surface area contributed by atoms with Crippen molar-refractivity contribution in [1.82, 2.24) is 0 Å². The Bertz CT molecular complexity index is 275. The molecule has 0 aromatic rings. The van der Waals surface area contributed by atoms with E-state index in [1.165, 1.54) is 0 Å². The summed E-state index contributed by atoms with van der Waals surface area (Å²) in [6.07, 6.45) is 4.30. The van der Waals surface area contributed by atoms with Crippen molar-refractivity contribution in [3.63, 3.8) is 0 Å². The van der Waals surface area contributed by atoms with Gasteiger partial charge in [-0.05, 0) is 12.8 Å². The van der Waals surface area contributed by atoms with Crippen LogP contribution in [0.1, 0.15) is 39.0 Å². The summed E-state index contributed by atoms with van der Waals surface area (Å²) in [6, 6.07) is 0. The van der Waals surface area contributed by atoms with Crippen LogP contribution in [-0.2, 0) is 19.1 Å². The number of carbonyl (C=O) groups excluding carboxylic acids is 1. The molecule has 0 N–H and O–H groups in total. The summed E-state index contributed by atoms with van der Waals surface area (Å²) >= 11 is 0. The first kappa shape index (κ1) is 10.7. The number of hydrogen-bond donors (Lipinski definition) is 0. The fourth-order valence-electron chi connectivity index (χ4n) is 1.41. The zero-order chi connectivity index (χ0) is 9.90. The van der Waals surface area contributed by atoms with E-state index in [0.717, 1.165) is 39.0 Å². The lowest BCUT2D eigenvalue weighted by Gasteiger charge is -2.20. The fraction of sp³-hybridized carbons (Fsp3) is 0.875. The maximum absolute atomic E-state index is 11.0. The summed E-state index contributed by atoms with van der Waals surface area (Å²) in [4.78, 5) is 10.6. The molecule has 1 aliphatic rings. The second-order valence-corrected chi connectivity index (χ2v) is 4.98. The minimum atomic E-state index is -3.94. The Balaban J connectivity index is 2.52. The van der Waals surface area contributed by atoms with Crippen molar-refractivity contribution in [2.24, 2.45) is 0 Å². The van der Waals surface area contributed by atoms with Gasteiger partial charge in [-0.1, -0.05) is 19.3 Å². The minimum absolute atomic E-state index is 0.275. The van der Waals surface area contributed by atoms with Gasteiger partial charge in [-0.3, -0.25) is 8.98 Å². The molecule has 0 radical (unpaired) electrons. The molecule has 1 aliphatic carbocycles. The third-order valence-corrected chi connectivity index (χ3v) is 3.40. The molecular weight excluding hydrogens is 192 g/mol. The zero-order valence-corrected chi connectivity index (χ0v) is 8.47. The Morgan fingerprint density at radius 1 is 1.23 bits per heavy atom. The number of rotatable bonds is 2. The first-order valence-electron chi connectivity index (χ1n) is 4.46. The molecule has 0 aromatic heterocycles. The lowest BCUT2D eigenvalue weighted by atomic mass is 9.98. The van der Waals surface area contributed by atoms with Crippen LogP contribution in [0, 0.1) is 0 Å². The molecule has 0 bridgehead atoms. The predicted octanol–water partition coefficient (Wildman–Crippen LogP) is 1.21. The Hall–Kier alpha value is -0.420. The van der Waals surface area contributed by atoms with E-state index in [1.807, 2.05) is 0 Å². The normalized spacial score (nSPS) is 20.1. The monoisotopic (exact) mass is 206 g/mol. The van der Waals surface area contributed by atoms with Gasteiger partial charge in [0.15, 0.2) is 0 Å². The molecule has 0 aromatic carbocycles. The Morgan fingerprint density at radius 3 is 2.23 bits per heavy atom. The van der Waals surface area contributed by atoms with Crippen molar-refractivity contribution in [2.45, 2.75) is 45.1 Å². The molecule has 5 heteroatoms. The highest BCUT2D eigenvalue weighted by Gasteiger charge is 2.25. The van der Waals surface area contributed by atoms with Crippen molar-refractivity contribution < 1.29 is 17.4 Å². The van der Waals surface area contributed by atoms with Crippen molar-refractivity contribution in [3.05, 3.63) is 0 Å². The van der Waals surface area contributed by atoms with Crippen molar-refractivity contribution >= 4 is 15.2 Å². The van der Waals surface area contributed by atoms with Crippen molar-refractivity contribution in [1.29, 1.82) is 0 Å². The average molecular weight is 206 g/mol. The Kier molecular flexibility index (Phi) is 3.44. The van der Waals surface area contributed by atoms with E-state index in [-0.39, 0.29) is 6.10 Å². The molecule has 0 unspecified atom stereocenters. The van der Waals surface area contributed by atoms with Crippen LogP contribution < -0.4 is 0 Å². The van der Waals surface area contributed by atoms with Gasteiger partial charge in [-0.15, -0.1) is 0 Å². The number of carbonyl (C=O) groups is 1. The van der Waals surface area contributed by atoms with Gasteiger partial charge < -0.3 is 0 Å². The van der Waals surface area contributed by atoms with E-state index in [0.29, 0.717) is 0 Å². The van der Waals surface area contributed by atoms with E-state index in [2.05, 4.69) is 0 Å². The summed E-state index contributed by atoms with van der Waals surface area (Å²) in [6.45, 7) is 1.01. The summed E-state index contributed by atoms with van der Waals surface area (Å²) < 4.78 is 26.8. The molecule has 0 aliphatic heterocycles. The van der Waals surface area contributed by atoms with E-state index in [1.54, 1.807) is 0 Å². The Labute approximate surface area is 78.4 Å². The predicted molar refractivity (Wildman–Crippen MR) is 47.6 cm³/mol. The minimum Gasteiger partial charge on any atom is -0.279 e. The quantitative estimate of drug-likeness (QED) is 0.637. The smallest absolute Gasteiger partial charge is 0.279 e. The van der Waals surface area contributed by atoms with Gasteiger partial charge in [-0.25, -0.2) is 0 Å². The van der Waals surface area contributed by atoms with Gasteiger partial charge in [0.25, 0.3) is 5.12 Å². The average Bonchev–Trinajstić information content (AvgIpc) is 2.05. The molecular formula is C8H14O4S. The molecule has 0 heterocycles. The lowest BCUT2D eigenvalue weighted by Crippen LogP contribution is -2.24. The molecule has 4 nitrogen and oxygen atoms in total. The van der Waals surface area contributed by atoms with Gasteiger partial charge in [-0.2, -0.15) is 8.42 Å². The van der Waals surface area contributed by atoms with E-state index >= 15 is 0 Å². The van der Waals surface area contributed by atoms with Crippen LogP contribution in [0.25, 0.3) is 0 Å². The SMILES string of the molecule is CC(=O)S(=O)(=O)OC1CCCCC1. The van der Waals surface area contributed by atoms with Crippen molar-refractivity contribution in [2.75, 3.05) is 0 Å². The molecule has 13 heavy (non-hydrogen) atoms. The highest BCUT2D eigenvalue weighted by atomic mass is 32.2. The molecule has 0 atom stereocenters. The third-order valence-electron chi connectivity index (χ3n) is 2.17. The standard InChI is InChI=1S/C8H14O4S/c1-7(9)13(10,11)12-8-5-3-2-4-6-8/h8H,2-6H2,1H3. The van der Waals surface area contributed by atoms with Crippen LogP contribution >= 0.6 is 0 Å². The van der Waals surface area contributed by atoms with Gasteiger partial charge in [0.05, 0.1) is 6.10 Å². The molecule has 1 fully saturated rings. The second kappa shape index (κ2) is 4.19. The van der Waals surface area contributed by atoms with Crippen LogP contribution in [0.3, 0.4) is 0 Å². The molecule has 76 valence electrons. The van der Waals surface area contributed by atoms with Gasteiger partial charge in [0.1, 0.15) is 0 Å².